The minimum absolute atomic E-state index is 0.0960. The normalized spacial score (nSPS) is 22.2. The predicted octanol–water partition coefficient (Wildman–Crippen LogP) is 1.84. The van der Waals surface area contributed by atoms with Gasteiger partial charge < -0.3 is 10.1 Å². The number of carbonyl (C=O) groups excluding carboxylic acids is 2. The Balaban J connectivity index is 2.27. The molecular formula is C15H19NO3. The van der Waals surface area contributed by atoms with Crippen molar-refractivity contribution in [2.24, 2.45) is 0 Å². The van der Waals surface area contributed by atoms with Crippen molar-refractivity contribution in [2.75, 3.05) is 6.61 Å². The minimum atomic E-state index is -0.561. The second-order valence-electron chi connectivity index (χ2n) is 4.95. The number of carbonyl (C=O) groups is 2. The molecular weight excluding hydrogens is 242 g/mol. The molecule has 0 bridgehead atoms. The number of aryl methyl sites for hydroxylation is 2. The summed E-state index contributed by atoms with van der Waals surface area (Å²) in [6.07, 6.45) is 0.339. The molecule has 2 rings (SSSR count). The second kappa shape index (κ2) is 5.43. The largest absolute Gasteiger partial charge is 0.464 e. The smallest absolute Gasteiger partial charge is 0.329 e. The Morgan fingerprint density at radius 3 is 2.74 bits per heavy atom. The van der Waals surface area contributed by atoms with Crippen LogP contribution in [0.25, 0.3) is 0 Å². The molecule has 1 aliphatic rings. The highest BCUT2D eigenvalue weighted by atomic mass is 16.5. The van der Waals surface area contributed by atoms with E-state index in [-0.39, 0.29) is 17.8 Å². The molecule has 2 unspecified atom stereocenters. The van der Waals surface area contributed by atoms with Crippen LogP contribution in [0.5, 0.6) is 0 Å². The standard InChI is InChI=1S/C15H19NO3/c1-4-19-15(18)14-12(8-13(17)16-14)11-6-5-9(2)10(3)7-11/h5-7,12,14H,4,8H2,1-3H3,(H,16,17). The highest BCUT2D eigenvalue weighted by Gasteiger charge is 2.39. The third kappa shape index (κ3) is 2.78. The Bertz CT molecular complexity index is 510. The van der Waals surface area contributed by atoms with Crippen molar-refractivity contribution < 1.29 is 14.3 Å². The number of nitrogens with one attached hydrogen (secondary N) is 1. The molecule has 1 N–H and O–H groups in total. The van der Waals surface area contributed by atoms with Crippen molar-refractivity contribution in [2.45, 2.75) is 39.2 Å². The lowest BCUT2D eigenvalue weighted by Gasteiger charge is -2.18. The summed E-state index contributed by atoms with van der Waals surface area (Å²) in [5.41, 5.74) is 3.38. The lowest BCUT2D eigenvalue weighted by atomic mass is 9.90. The lowest BCUT2D eigenvalue weighted by molar-refractivity contribution is -0.146. The molecule has 0 radical (unpaired) electrons. The fraction of sp³-hybridized carbons (Fsp3) is 0.467. The van der Waals surface area contributed by atoms with Gasteiger partial charge in [0.25, 0.3) is 0 Å². The van der Waals surface area contributed by atoms with Crippen LogP contribution in [-0.2, 0) is 14.3 Å². The van der Waals surface area contributed by atoms with Gasteiger partial charge in [-0.3, -0.25) is 4.79 Å². The lowest BCUT2D eigenvalue weighted by Crippen LogP contribution is -2.37. The molecule has 0 spiro atoms. The summed E-state index contributed by atoms with van der Waals surface area (Å²) < 4.78 is 5.03. The topological polar surface area (TPSA) is 55.4 Å². The summed E-state index contributed by atoms with van der Waals surface area (Å²) in [7, 11) is 0. The summed E-state index contributed by atoms with van der Waals surface area (Å²) in [5.74, 6) is -0.580. The highest BCUT2D eigenvalue weighted by Crippen LogP contribution is 2.30. The zero-order valence-electron chi connectivity index (χ0n) is 11.5. The molecule has 1 aliphatic heterocycles. The molecule has 19 heavy (non-hydrogen) atoms. The Morgan fingerprint density at radius 2 is 2.11 bits per heavy atom. The van der Waals surface area contributed by atoms with Gasteiger partial charge in [0.05, 0.1) is 6.61 Å². The van der Waals surface area contributed by atoms with Gasteiger partial charge in [0, 0.05) is 12.3 Å². The number of hydrogen-bond acceptors (Lipinski definition) is 3. The van der Waals surface area contributed by atoms with Crippen LogP contribution >= 0.6 is 0 Å². The first-order valence-corrected chi connectivity index (χ1v) is 6.56. The first kappa shape index (κ1) is 13.6. The van der Waals surface area contributed by atoms with Crippen molar-refractivity contribution in [1.82, 2.24) is 5.32 Å². The summed E-state index contributed by atoms with van der Waals surface area (Å²) in [4.78, 5) is 23.5. The highest BCUT2D eigenvalue weighted by molar-refractivity contribution is 5.90. The van der Waals surface area contributed by atoms with E-state index in [9.17, 15) is 9.59 Å². The zero-order valence-corrected chi connectivity index (χ0v) is 11.5. The zero-order chi connectivity index (χ0) is 14.0. The summed E-state index contributed by atoms with van der Waals surface area (Å²) >= 11 is 0. The van der Waals surface area contributed by atoms with Crippen molar-refractivity contribution in [1.29, 1.82) is 0 Å². The Labute approximate surface area is 113 Å². The molecule has 1 amide bonds. The number of esters is 1. The van der Waals surface area contributed by atoms with Gasteiger partial charge in [-0.25, -0.2) is 4.79 Å². The minimum Gasteiger partial charge on any atom is -0.464 e. The van der Waals surface area contributed by atoms with Gasteiger partial charge in [-0.05, 0) is 37.5 Å². The van der Waals surface area contributed by atoms with E-state index in [0.717, 1.165) is 5.56 Å². The fourth-order valence-electron chi connectivity index (χ4n) is 2.41. The van der Waals surface area contributed by atoms with Crippen LogP contribution in [0, 0.1) is 13.8 Å². The summed E-state index contributed by atoms with van der Waals surface area (Å²) in [5, 5.41) is 2.71. The average Bonchev–Trinajstić information content (AvgIpc) is 2.75. The van der Waals surface area contributed by atoms with Crippen LogP contribution in [0.4, 0.5) is 0 Å². The van der Waals surface area contributed by atoms with Crippen LogP contribution in [0.1, 0.15) is 36.0 Å². The van der Waals surface area contributed by atoms with E-state index in [1.807, 2.05) is 32.0 Å². The van der Waals surface area contributed by atoms with Gasteiger partial charge in [0.2, 0.25) is 5.91 Å². The van der Waals surface area contributed by atoms with E-state index in [2.05, 4.69) is 5.32 Å². The molecule has 2 atom stereocenters. The maximum atomic E-state index is 11.9. The van der Waals surface area contributed by atoms with Gasteiger partial charge in [0.1, 0.15) is 6.04 Å². The molecule has 1 saturated heterocycles. The fourth-order valence-corrected chi connectivity index (χ4v) is 2.41. The van der Waals surface area contributed by atoms with E-state index in [1.165, 1.54) is 11.1 Å². The molecule has 4 nitrogen and oxygen atoms in total. The third-order valence-electron chi connectivity index (χ3n) is 3.62. The quantitative estimate of drug-likeness (QED) is 0.845. The Morgan fingerprint density at radius 1 is 1.37 bits per heavy atom. The Hall–Kier alpha value is -1.84. The van der Waals surface area contributed by atoms with Crippen molar-refractivity contribution in [3.8, 4) is 0 Å². The molecule has 1 aromatic rings. The summed E-state index contributed by atoms with van der Waals surface area (Å²) in [6, 6.07) is 5.50. The monoisotopic (exact) mass is 261 g/mol. The number of hydrogen-bond donors (Lipinski definition) is 1. The molecule has 4 heteroatoms. The number of amides is 1. The van der Waals surface area contributed by atoms with E-state index >= 15 is 0 Å². The number of benzene rings is 1. The van der Waals surface area contributed by atoms with Crippen LogP contribution in [0.3, 0.4) is 0 Å². The van der Waals surface area contributed by atoms with E-state index < -0.39 is 6.04 Å². The maximum Gasteiger partial charge on any atom is 0.329 e. The van der Waals surface area contributed by atoms with E-state index in [0.29, 0.717) is 13.0 Å². The molecule has 1 aromatic carbocycles. The third-order valence-corrected chi connectivity index (χ3v) is 3.62. The molecule has 1 heterocycles. The number of ether oxygens (including phenoxy) is 1. The Kier molecular flexibility index (Phi) is 3.88. The van der Waals surface area contributed by atoms with E-state index in [1.54, 1.807) is 6.92 Å². The van der Waals surface area contributed by atoms with E-state index in [4.69, 9.17) is 4.74 Å². The van der Waals surface area contributed by atoms with Crippen LogP contribution in [-0.4, -0.2) is 24.5 Å². The maximum absolute atomic E-state index is 11.9. The molecule has 0 aromatic heterocycles. The van der Waals surface area contributed by atoms with Crippen molar-refractivity contribution in [3.05, 3.63) is 34.9 Å². The molecule has 102 valence electrons. The SMILES string of the molecule is CCOC(=O)C1NC(=O)CC1c1ccc(C)c(C)c1. The average molecular weight is 261 g/mol. The molecule has 1 fully saturated rings. The van der Waals surface area contributed by atoms with Crippen LogP contribution in [0.2, 0.25) is 0 Å². The first-order valence-electron chi connectivity index (χ1n) is 6.56. The summed E-state index contributed by atoms with van der Waals surface area (Å²) in [6.45, 7) is 6.16. The van der Waals surface area contributed by atoms with Gasteiger partial charge in [-0.2, -0.15) is 0 Å². The first-order chi connectivity index (χ1) is 9.02. The van der Waals surface area contributed by atoms with Gasteiger partial charge >= 0.3 is 5.97 Å². The molecule has 0 aliphatic carbocycles. The van der Waals surface area contributed by atoms with Crippen molar-refractivity contribution in [3.63, 3.8) is 0 Å². The van der Waals surface area contributed by atoms with Gasteiger partial charge in [-0.1, -0.05) is 18.2 Å². The second-order valence-corrected chi connectivity index (χ2v) is 4.95. The van der Waals surface area contributed by atoms with Crippen LogP contribution < -0.4 is 5.32 Å². The predicted molar refractivity (Wildman–Crippen MR) is 71.8 cm³/mol. The van der Waals surface area contributed by atoms with Gasteiger partial charge in [0.15, 0.2) is 0 Å². The van der Waals surface area contributed by atoms with Crippen molar-refractivity contribution >= 4 is 11.9 Å². The van der Waals surface area contributed by atoms with Gasteiger partial charge in [-0.15, -0.1) is 0 Å². The van der Waals surface area contributed by atoms with Crippen LogP contribution in [0.15, 0.2) is 18.2 Å². The number of rotatable bonds is 3. The molecule has 0 saturated carbocycles.